The van der Waals surface area contributed by atoms with E-state index in [-0.39, 0.29) is 5.91 Å². The molecule has 0 spiro atoms. The van der Waals surface area contributed by atoms with Crippen LogP contribution in [-0.2, 0) is 19.1 Å². The summed E-state index contributed by atoms with van der Waals surface area (Å²) in [6.07, 6.45) is 3.18. The van der Waals surface area contributed by atoms with Gasteiger partial charge in [0.1, 0.15) is 6.04 Å². The standard InChI is InChI=1S/C34H34N2O3S/c1-36(2)30-22-19-26(20-23-30)21-24-32(37)35-31(33(38)39-3)25-40-34(27-13-7-4-8-14-27,28-15-9-5-10-16-28)29-17-11-6-12-18-29/h4-24,31H,25H2,1-3H3,(H,35,37)/t31-/m1/s1. The average Bonchev–Trinajstić information content (AvgIpc) is 3.01. The molecule has 0 unspecified atom stereocenters. The highest BCUT2D eigenvalue weighted by Gasteiger charge is 2.38. The van der Waals surface area contributed by atoms with Crippen LogP contribution >= 0.6 is 11.8 Å². The van der Waals surface area contributed by atoms with E-state index in [1.165, 1.54) is 13.2 Å². The molecule has 5 nitrogen and oxygen atoms in total. The summed E-state index contributed by atoms with van der Waals surface area (Å²) in [5.74, 6) is -0.562. The maximum absolute atomic E-state index is 12.9. The number of esters is 1. The number of rotatable bonds is 11. The van der Waals surface area contributed by atoms with Gasteiger partial charge in [-0.3, -0.25) is 4.79 Å². The maximum atomic E-state index is 12.9. The molecule has 0 heterocycles. The molecule has 1 atom stereocenters. The molecule has 0 aliphatic carbocycles. The quantitative estimate of drug-likeness (QED) is 0.138. The van der Waals surface area contributed by atoms with E-state index < -0.39 is 16.8 Å². The highest BCUT2D eigenvalue weighted by Crippen LogP contribution is 2.48. The van der Waals surface area contributed by atoms with Gasteiger partial charge in [0, 0.05) is 31.6 Å². The number of carbonyl (C=O) groups excluding carboxylic acids is 2. The van der Waals surface area contributed by atoms with Gasteiger partial charge in [0.05, 0.1) is 11.9 Å². The lowest BCUT2D eigenvalue weighted by atomic mass is 9.84. The van der Waals surface area contributed by atoms with Gasteiger partial charge >= 0.3 is 5.97 Å². The third-order valence-electron chi connectivity index (χ3n) is 6.65. The lowest BCUT2D eigenvalue weighted by Crippen LogP contribution is -2.43. The molecule has 0 aliphatic heterocycles. The maximum Gasteiger partial charge on any atom is 0.329 e. The van der Waals surface area contributed by atoms with Gasteiger partial charge in [0.25, 0.3) is 0 Å². The van der Waals surface area contributed by atoms with E-state index in [1.807, 2.05) is 97.9 Å². The van der Waals surface area contributed by atoms with E-state index in [2.05, 4.69) is 41.7 Å². The summed E-state index contributed by atoms with van der Waals surface area (Å²) < 4.78 is 4.48. The zero-order chi connectivity index (χ0) is 28.4. The lowest BCUT2D eigenvalue weighted by molar-refractivity contribution is -0.143. The summed E-state index contributed by atoms with van der Waals surface area (Å²) in [5.41, 5.74) is 5.19. The van der Waals surface area contributed by atoms with Crippen LogP contribution in [0.4, 0.5) is 5.69 Å². The van der Waals surface area contributed by atoms with Crippen molar-refractivity contribution in [1.29, 1.82) is 0 Å². The Morgan fingerprint density at radius 2 is 1.27 bits per heavy atom. The molecule has 4 aromatic rings. The first-order valence-electron chi connectivity index (χ1n) is 13.1. The fraction of sp³-hybridized carbons (Fsp3) is 0.176. The minimum atomic E-state index is -0.848. The second kappa shape index (κ2) is 13.7. The van der Waals surface area contributed by atoms with E-state index in [1.54, 1.807) is 17.8 Å². The van der Waals surface area contributed by atoms with Gasteiger partial charge in [-0.2, -0.15) is 0 Å². The van der Waals surface area contributed by atoms with Crippen LogP contribution in [0.3, 0.4) is 0 Å². The predicted molar refractivity (Wildman–Crippen MR) is 165 cm³/mol. The molecule has 0 saturated carbocycles. The van der Waals surface area contributed by atoms with Crippen LogP contribution in [0, 0.1) is 0 Å². The van der Waals surface area contributed by atoms with Crippen molar-refractivity contribution in [2.45, 2.75) is 10.8 Å². The van der Waals surface area contributed by atoms with Crippen LogP contribution in [0.15, 0.2) is 121 Å². The van der Waals surface area contributed by atoms with Gasteiger partial charge in [0.15, 0.2) is 0 Å². The first-order chi connectivity index (χ1) is 19.4. The zero-order valence-corrected chi connectivity index (χ0v) is 23.8. The van der Waals surface area contributed by atoms with E-state index in [9.17, 15) is 9.59 Å². The number of ether oxygens (including phenoxy) is 1. The topological polar surface area (TPSA) is 58.6 Å². The molecule has 40 heavy (non-hydrogen) atoms. The van der Waals surface area contributed by atoms with Crippen molar-refractivity contribution in [2.75, 3.05) is 31.9 Å². The molecule has 0 saturated heterocycles. The Morgan fingerprint density at radius 3 is 1.70 bits per heavy atom. The monoisotopic (exact) mass is 550 g/mol. The number of hydrogen-bond acceptors (Lipinski definition) is 5. The highest BCUT2D eigenvalue weighted by atomic mass is 32.2. The Kier molecular flexibility index (Phi) is 9.81. The fourth-order valence-corrected chi connectivity index (χ4v) is 6.11. The van der Waals surface area contributed by atoms with Gasteiger partial charge in [-0.1, -0.05) is 103 Å². The Morgan fingerprint density at radius 1 is 0.800 bits per heavy atom. The first-order valence-corrected chi connectivity index (χ1v) is 14.1. The van der Waals surface area contributed by atoms with Crippen molar-refractivity contribution in [3.63, 3.8) is 0 Å². The average molecular weight is 551 g/mol. The van der Waals surface area contributed by atoms with Crippen molar-refractivity contribution in [2.24, 2.45) is 0 Å². The van der Waals surface area contributed by atoms with Gasteiger partial charge in [-0.25, -0.2) is 4.79 Å². The van der Waals surface area contributed by atoms with Gasteiger partial charge in [-0.15, -0.1) is 11.8 Å². The number of nitrogens with zero attached hydrogens (tertiary/aromatic N) is 1. The predicted octanol–water partition coefficient (Wildman–Crippen LogP) is 6.15. The van der Waals surface area contributed by atoms with Crippen molar-refractivity contribution < 1.29 is 14.3 Å². The Labute approximate surface area is 240 Å². The minimum Gasteiger partial charge on any atom is -0.467 e. The van der Waals surface area contributed by atoms with Gasteiger partial charge in [-0.05, 0) is 40.5 Å². The molecular formula is C34H34N2O3S. The van der Waals surface area contributed by atoms with Gasteiger partial charge < -0.3 is 15.0 Å². The van der Waals surface area contributed by atoms with Crippen molar-refractivity contribution >= 4 is 35.4 Å². The Bertz CT molecular complexity index is 1310. The van der Waals surface area contributed by atoms with E-state index in [4.69, 9.17) is 4.74 Å². The molecule has 0 aromatic heterocycles. The summed E-state index contributed by atoms with van der Waals surface area (Å²) in [5, 5.41) is 2.87. The molecule has 0 fully saturated rings. The highest BCUT2D eigenvalue weighted by molar-refractivity contribution is 8.00. The molecule has 4 rings (SSSR count). The molecule has 0 bridgehead atoms. The largest absolute Gasteiger partial charge is 0.467 e. The summed E-state index contributed by atoms with van der Waals surface area (Å²) in [6.45, 7) is 0. The summed E-state index contributed by atoms with van der Waals surface area (Å²) >= 11 is 1.60. The first kappa shape index (κ1) is 28.7. The van der Waals surface area contributed by atoms with Crippen LogP contribution in [0.25, 0.3) is 6.08 Å². The fourth-order valence-electron chi connectivity index (χ4n) is 4.56. The lowest BCUT2D eigenvalue weighted by Gasteiger charge is -2.36. The molecule has 0 aliphatic rings. The number of nitrogens with one attached hydrogen (secondary N) is 1. The zero-order valence-electron chi connectivity index (χ0n) is 23.0. The van der Waals surface area contributed by atoms with E-state index in [0.717, 1.165) is 27.9 Å². The van der Waals surface area contributed by atoms with Crippen LogP contribution in [0.5, 0.6) is 0 Å². The van der Waals surface area contributed by atoms with Crippen LogP contribution in [0.1, 0.15) is 22.3 Å². The number of anilines is 1. The van der Waals surface area contributed by atoms with Crippen molar-refractivity contribution in [3.05, 3.63) is 144 Å². The molecule has 0 radical (unpaired) electrons. The van der Waals surface area contributed by atoms with E-state index >= 15 is 0 Å². The molecule has 1 amide bonds. The molecular weight excluding hydrogens is 516 g/mol. The molecule has 4 aromatic carbocycles. The Balaban J connectivity index is 1.62. The van der Waals surface area contributed by atoms with Crippen molar-refractivity contribution in [1.82, 2.24) is 5.32 Å². The molecule has 6 heteroatoms. The SMILES string of the molecule is COC(=O)[C@@H](CSC(c1ccccc1)(c1ccccc1)c1ccccc1)NC(=O)C=Cc1ccc(N(C)C)cc1. The van der Waals surface area contributed by atoms with Crippen molar-refractivity contribution in [3.8, 4) is 0 Å². The molecule has 1 N–H and O–H groups in total. The molecule has 204 valence electrons. The number of amides is 1. The minimum absolute atomic E-state index is 0.294. The summed E-state index contributed by atoms with van der Waals surface area (Å²) in [7, 11) is 5.30. The number of thioether (sulfide) groups is 1. The number of methoxy groups -OCH3 is 1. The third kappa shape index (κ3) is 6.82. The summed E-state index contributed by atoms with van der Waals surface area (Å²) in [4.78, 5) is 27.8. The Hall–Kier alpha value is -4.29. The van der Waals surface area contributed by atoms with Crippen LogP contribution < -0.4 is 10.2 Å². The smallest absolute Gasteiger partial charge is 0.329 e. The normalized spacial score (nSPS) is 12.1. The second-order valence-corrected chi connectivity index (χ2v) is 10.7. The van der Waals surface area contributed by atoms with Gasteiger partial charge in [0.2, 0.25) is 5.91 Å². The number of hydrogen-bond donors (Lipinski definition) is 1. The number of carbonyl (C=O) groups is 2. The number of benzene rings is 4. The third-order valence-corrected chi connectivity index (χ3v) is 8.29. The van der Waals surface area contributed by atoms with E-state index in [0.29, 0.717) is 5.75 Å². The second-order valence-electron chi connectivity index (χ2n) is 9.49. The van der Waals surface area contributed by atoms with Crippen LogP contribution in [-0.4, -0.2) is 44.9 Å². The summed E-state index contributed by atoms with van der Waals surface area (Å²) in [6, 6.07) is 37.7. The van der Waals surface area contributed by atoms with Crippen LogP contribution in [0.2, 0.25) is 0 Å².